The smallest absolute Gasteiger partial charge is 0.251 e. The number of anilines is 1. The molecular formula is C21H22N2O2. The summed E-state index contributed by atoms with van der Waals surface area (Å²) in [5.74, 6) is -0.0797. The molecule has 2 N–H and O–H groups in total. The first-order valence-corrected chi connectivity index (χ1v) is 8.57. The molecule has 0 saturated heterocycles. The fraction of sp³-hybridized carbons (Fsp3) is 0.238. The number of amides is 1. The van der Waals surface area contributed by atoms with Crippen LogP contribution in [0.15, 0.2) is 53.3 Å². The molecule has 0 aliphatic carbocycles. The second-order valence-corrected chi connectivity index (χ2v) is 6.26. The number of carbonyl (C=O) groups excluding carboxylic acids is 1. The number of fused-ring (bicyclic) bond motifs is 1. The standard InChI is InChI=1S/C21H22N2O2/c1-3-15-9-8-14(2)19(12-15)22-20(24)11-10-17-13-16-6-4-5-7-18(16)23-21(17)25/h4-9,12-13H,3,10-11H2,1-2H3,(H,22,24)(H,23,25). The molecule has 0 radical (unpaired) electrons. The first-order chi connectivity index (χ1) is 12.1. The van der Waals surface area contributed by atoms with Gasteiger partial charge in [0.25, 0.3) is 5.56 Å². The van der Waals surface area contributed by atoms with Crippen LogP contribution in [0, 0.1) is 6.92 Å². The number of aromatic amines is 1. The highest BCUT2D eigenvalue weighted by Gasteiger charge is 2.09. The van der Waals surface area contributed by atoms with E-state index in [2.05, 4.69) is 23.3 Å². The molecule has 1 aromatic heterocycles. The second kappa shape index (κ2) is 7.34. The van der Waals surface area contributed by atoms with E-state index in [1.54, 1.807) is 0 Å². The van der Waals surface area contributed by atoms with Crippen molar-refractivity contribution in [2.75, 3.05) is 5.32 Å². The molecule has 0 bridgehead atoms. The van der Waals surface area contributed by atoms with E-state index in [4.69, 9.17) is 0 Å². The SMILES string of the molecule is CCc1ccc(C)c(NC(=O)CCc2cc3ccccc3[nH]c2=O)c1. The maximum Gasteiger partial charge on any atom is 0.251 e. The topological polar surface area (TPSA) is 62.0 Å². The molecule has 4 nitrogen and oxygen atoms in total. The molecule has 3 rings (SSSR count). The lowest BCUT2D eigenvalue weighted by Crippen LogP contribution is -2.17. The number of para-hydroxylation sites is 1. The summed E-state index contributed by atoms with van der Waals surface area (Å²) in [6.07, 6.45) is 1.62. The maximum atomic E-state index is 12.3. The van der Waals surface area contributed by atoms with Crippen LogP contribution in [0.4, 0.5) is 5.69 Å². The average molecular weight is 334 g/mol. The molecule has 1 heterocycles. The number of aromatic nitrogens is 1. The molecule has 128 valence electrons. The number of rotatable bonds is 5. The minimum atomic E-state index is -0.129. The molecule has 1 amide bonds. The van der Waals surface area contributed by atoms with Gasteiger partial charge in [-0.25, -0.2) is 0 Å². The predicted molar refractivity (Wildman–Crippen MR) is 102 cm³/mol. The summed E-state index contributed by atoms with van der Waals surface area (Å²) in [7, 11) is 0. The van der Waals surface area contributed by atoms with Gasteiger partial charge in [-0.1, -0.05) is 37.3 Å². The van der Waals surface area contributed by atoms with Crippen LogP contribution < -0.4 is 10.9 Å². The van der Waals surface area contributed by atoms with Gasteiger partial charge in [0.15, 0.2) is 0 Å². The highest BCUT2D eigenvalue weighted by atomic mass is 16.1. The summed E-state index contributed by atoms with van der Waals surface area (Å²) in [5.41, 5.74) is 4.38. The van der Waals surface area contributed by atoms with Crippen molar-refractivity contribution in [3.05, 3.63) is 75.6 Å². The Bertz CT molecular complexity index is 973. The van der Waals surface area contributed by atoms with Crippen molar-refractivity contribution in [3.63, 3.8) is 0 Å². The summed E-state index contributed by atoms with van der Waals surface area (Å²) in [6.45, 7) is 4.06. The molecule has 0 spiro atoms. The fourth-order valence-electron chi connectivity index (χ4n) is 2.86. The predicted octanol–water partition coefficient (Wildman–Crippen LogP) is 3.97. The van der Waals surface area contributed by atoms with Crippen LogP contribution in [0.1, 0.15) is 30.0 Å². The molecule has 4 heteroatoms. The number of nitrogens with one attached hydrogen (secondary N) is 2. The summed E-state index contributed by atoms with van der Waals surface area (Å²) in [6, 6.07) is 15.6. The molecule has 0 aliphatic rings. The number of benzene rings is 2. The first kappa shape index (κ1) is 17.0. The van der Waals surface area contributed by atoms with Gasteiger partial charge in [-0.15, -0.1) is 0 Å². The van der Waals surface area contributed by atoms with Crippen molar-refractivity contribution in [2.45, 2.75) is 33.1 Å². The number of carbonyl (C=O) groups is 1. The zero-order valence-corrected chi connectivity index (χ0v) is 14.6. The number of hydrogen-bond acceptors (Lipinski definition) is 2. The molecule has 0 fully saturated rings. The Balaban J connectivity index is 1.70. The van der Waals surface area contributed by atoms with Gasteiger partial charge in [-0.3, -0.25) is 9.59 Å². The van der Waals surface area contributed by atoms with Crippen molar-refractivity contribution in [2.24, 2.45) is 0 Å². The lowest BCUT2D eigenvalue weighted by atomic mass is 10.1. The van der Waals surface area contributed by atoms with Gasteiger partial charge in [0.2, 0.25) is 5.91 Å². The number of pyridine rings is 1. The molecule has 2 aromatic carbocycles. The lowest BCUT2D eigenvalue weighted by Gasteiger charge is -2.10. The molecule has 0 unspecified atom stereocenters. The molecule has 0 aliphatic heterocycles. The van der Waals surface area contributed by atoms with E-state index in [-0.39, 0.29) is 17.9 Å². The van der Waals surface area contributed by atoms with Crippen molar-refractivity contribution < 1.29 is 4.79 Å². The third kappa shape index (κ3) is 3.97. The van der Waals surface area contributed by atoms with Crippen LogP contribution in [0.25, 0.3) is 10.9 Å². The minimum absolute atomic E-state index is 0.0797. The molecule has 25 heavy (non-hydrogen) atoms. The van der Waals surface area contributed by atoms with E-state index in [0.29, 0.717) is 12.0 Å². The Kier molecular flexibility index (Phi) is 4.98. The Hall–Kier alpha value is -2.88. The molecular weight excluding hydrogens is 312 g/mol. The van der Waals surface area contributed by atoms with Gasteiger partial charge in [0, 0.05) is 23.2 Å². The van der Waals surface area contributed by atoms with Gasteiger partial charge >= 0.3 is 0 Å². The molecule has 0 atom stereocenters. The van der Waals surface area contributed by atoms with E-state index in [9.17, 15) is 9.59 Å². The second-order valence-electron chi connectivity index (χ2n) is 6.26. The lowest BCUT2D eigenvalue weighted by molar-refractivity contribution is -0.116. The van der Waals surface area contributed by atoms with Crippen LogP contribution in [-0.4, -0.2) is 10.9 Å². The van der Waals surface area contributed by atoms with Gasteiger partial charge in [-0.2, -0.15) is 0 Å². The van der Waals surface area contributed by atoms with Crippen LogP contribution in [0.5, 0.6) is 0 Å². The van der Waals surface area contributed by atoms with Crippen LogP contribution >= 0.6 is 0 Å². The molecule has 0 saturated carbocycles. The number of hydrogen-bond donors (Lipinski definition) is 2. The summed E-state index contributed by atoms with van der Waals surface area (Å²) < 4.78 is 0. The monoisotopic (exact) mass is 334 g/mol. The van der Waals surface area contributed by atoms with Crippen molar-refractivity contribution in [1.82, 2.24) is 4.98 Å². The van der Waals surface area contributed by atoms with Crippen molar-refractivity contribution in [1.29, 1.82) is 0 Å². The van der Waals surface area contributed by atoms with E-state index >= 15 is 0 Å². The summed E-state index contributed by atoms with van der Waals surface area (Å²) in [4.78, 5) is 27.3. The number of aryl methyl sites for hydroxylation is 3. The van der Waals surface area contributed by atoms with Gasteiger partial charge in [0.05, 0.1) is 0 Å². The number of H-pyrrole nitrogens is 1. The van der Waals surface area contributed by atoms with E-state index < -0.39 is 0 Å². The van der Waals surface area contributed by atoms with Crippen molar-refractivity contribution in [3.8, 4) is 0 Å². The zero-order valence-electron chi connectivity index (χ0n) is 14.6. The maximum absolute atomic E-state index is 12.3. The summed E-state index contributed by atoms with van der Waals surface area (Å²) >= 11 is 0. The first-order valence-electron chi connectivity index (χ1n) is 8.57. The largest absolute Gasteiger partial charge is 0.326 e. The quantitative estimate of drug-likeness (QED) is 0.741. The highest BCUT2D eigenvalue weighted by molar-refractivity contribution is 5.91. The summed E-state index contributed by atoms with van der Waals surface area (Å²) in [5, 5.41) is 3.94. The zero-order chi connectivity index (χ0) is 17.8. The highest BCUT2D eigenvalue weighted by Crippen LogP contribution is 2.18. The third-order valence-electron chi connectivity index (χ3n) is 4.44. The van der Waals surface area contributed by atoms with Gasteiger partial charge in [0.1, 0.15) is 0 Å². The Morgan fingerprint density at radius 1 is 1.12 bits per heavy atom. The third-order valence-corrected chi connectivity index (χ3v) is 4.44. The Morgan fingerprint density at radius 2 is 1.92 bits per heavy atom. The van der Waals surface area contributed by atoms with Crippen LogP contribution in [0.2, 0.25) is 0 Å². The Morgan fingerprint density at radius 3 is 2.72 bits per heavy atom. The minimum Gasteiger partial charge on any atom is -0.326 e. The van der Waals surface area contributed by atoms with E-state index in [0.717, 1.165) is 28.6 Å². The van der Waals surface area contributed by atoms with Gasteiger partial charge < -0.3 is 10.3 Å². The van der Waals surface area contributed by atoms with Crippen molar-refractivity contribution >= 4 is 22.5 Å². The van der Waals surface area contributed by atoms with E-state index in [1.165, 1.54) is 5.56 Å². The normalized spacial score (nSPS) is 10.8. The van der Waals surface area contributed by atoms with E-state index in [1.807, 2.05) is 49.4 Å². The van der Waals surface area contributed by atoms with Gasteiger partial charge in [-0.05, 0) is 54.5 Å². The molecule has 3 aromatic rings. The average Bonchev–Trinajstić information content (AvgIpc) is 2.61. The van der Waals surface area contributed by atoms with Crippen LogP contribution in [0.3, 0.4) is 0 Å². The Labute approximate surface area is 146 Å². The fourth-order valence-corrected chi connectivity index (χ4v) is 2.86. The van der Waals surface area contributed by atoms with Crippen LogP contribution in [-0.2, 0) is 17.6 Å².